The summed E-state index contributed by atoms with van der Waals surface area (Å²) in [6, 6.07) is 5.58. The summed E-state index contributed by atoms with van der Waals surface area (Å²) in [5, 5.41) is 20.6. The van der Waals surface area contributed by atoms with Crippen LogP contribution in [-0.2, 0) is 20.4 Å². The number of aryl methyl sites for hydroxylation is 1. The van der Waals surface area contributed by atoms with Crippen molar-refractivity contribution < 1.29 is 28.5 Å². The highest BCUT2D eigenvalue weighted by Gasteiger charge is 2.47. The van der Waals surface area contributed by atoms with Crippen LogP contribution in [0.2, 0.25) is 5.02 Å². The Morgan fingerprint density at radius 2 is 2.14 bits per heavy atom. The van der Waals surface area contributed by atoms with E-state index in [1.807, 2.05) is 25.1 Å². The van der Waals surface area contributed by atoms with E-state index < -0.39 is 38.2 Å². The molecule has 2 aliphatic rings. The summed E-state index contributed by atoms with van der Waals surface area (Å²) in [6.07, 6.45) is -0.462. The molecule has 29 heavy (non-hydrogen) atoms. The first-order valence-electron chi connectivity index (χ1n) is 8.74. The number of benzene rings is 1. The van der Waals surface area contributed by atoms with Gasteiger partial charge in [-0.05, 0) is 25.3 Å². The number of H-pyrrole nitrogens is 1. The molecule has 2 aromatic rings. The maximum atomic E-state index is 12.0. The average Bonchev–Trinajstić information content (AvgIpc) is 3.16. The molecule has 2 aliphatic heterocycles. The Labute approximate surface area is 170 Å². The first-order chi connectivity index (χ1) is 13.7. The molecule has 0 radical (unpaired) electrons. The molecule has 156 valence electrons. The normalized spacial score (nSPS) is 24.2. The number of hydrogen-bond donors (Lipinski definition) is 3. The van der Waals surface area contributed by atoms with E-state index in [-0.39, 0.29) is 24.5 Å². The summed E-state index contributed by atoms with van der Waals surface area (Å²) in [4.78, 5) is 25.4. The van der Waals surface area contributed by atoms with E-state index in [0.717, 1.165) is 21.9 Å². The summed E-state index contributed by atoms with van der Waals surface area (Å²) in [6.45, 7) is 2.07. The molecular weight excluding hydrogens is 427 g/mol. The molecule has 0 aliphatic carbocycles. The Bertz CT molecular complexity index is 1040. The lowest BCUT2D eigenvalue weighted by Crippen LogP contribution is -2.44. The van der Waals surface area contributed by atoms with Crippen LogP contribution in [0.15, 0.2) is 34.0 Å². The molecule has 0 bridgehead atoms. The molecular formula is C17H18ClN2O8P. The van der Waals surface area contributed by atoms with E-state index in [2.05, 4.69) is 4.98 Å². The van der Waals surface area contributed by atoms with Gasteiger partial charge in [-0.3, -0.25) is 18.9 Å². The van der Waals surface area contributed by atoms with Crippen molar-refractivity contribution >= 4 is 20.2 Å². The van der Waals surface area contributed by atoms with Crippen LogP contribution >= 0.6 is 20.2 Å². The smallest absolute Gasteiger partial charge is 0.402 e. The van der Waals surface area contributed by atoms with E-state index in [1.165, 1.54) is 0 Å². The van der Waals surface area contributed by atoms with Crippen LogP contribution < -0.4 is 15.8 Å². The third-order valence-corrected chi connectivity index (χ3v) is 6.00. The number of aromatic amines is 1. The number of hydrogen-bond acceptors (Lipinski definition) is 8. The second kappa shape index (κ2) is 7.81. The fourth-order valence-corrected chi connectivity index (χ4v) is 4.46. The van der Waals surface area contributed by atoms with Gasteiger partial charge in [0.15, 0.2) is 0 Å². The van der Waals surface area contributed by atoms with E-state index in [1.54, 1.807) is 0 Å². The first-order valence-corrected chi connectivity index (χ1v) is 10.2. The minimum Gasteiger partial charge on any atom is -0.426 e. The maximum absolute atomic E-state index is 12.0. The first kappa shape index (κ1) is 20.5. The summed E-state index contributed by atoms with van der Waals surface area (Å²) in [5.74, 6) is -2.13. The van der Waals surface area contributed by atoms with Gasteiger partial charge in [-0.2, -0.15) is 0 Å². The zero-order chi connectivity index (χ0) is 20.8. The van der Waals surface area contributed by atoms with Crippen molar-refractivity contribution in [3.05, 3.63) is 61.4 Å². The zero-order valence-electron chi connectivity index (χ0n) is 15.2. The van der Waals surface area contributed by atoms with Gasteiger partial charge in [-0.1, -0.05) is 29.8 Å². The Hall–Kier alpha value is -1.78. The quantitative estimate of drug-likeness (QED) is 0.479. The number of nitrogens with one attached hydrogen (secondary N) is 1. The molecule has 1 fully saturated rings. The van der Waals surface area contributed by atoms with Crippen molar-refractivity contribution in [1.29, 1.82) is 0 Å². The highest BCUT2D eigenvalue weighted by Crippen LogP contribution is 2.51. The summed E-state index contributed by atoms with van der Waals surface area (Å²) in [7, 11) is -2.08. The largest absolute Gasteiger partial charge is 0.426 e. The molecule has 12 heteroatoms. The number of nitrogens with zero attached hydrogens (tertiary/aromatic N) is 1. The van der Waals surface area contributed by atoms with Crippen LogP contribution in [0.25, 0.3) is 0 Å². The van der Waals surface area contributed by atoms with Crippen molar-refractivity contribution in [3.63, 3.8) is 0 Å². The Morgan fingerprint density at radius 1 is 1.34 bits per heavy atom. The maximum Gasteiger partial charge on any atom is 0.402 e. The third-order valence-electron chi connectivity index (χ3n) is 4.64. The number of para-hydroxylation sites is 1. The van der Waals surface area contributed by atoms with Gasteiger partial charge in [0.25, 0.3) is 5.56 Å². The molecule has 1 aromatic carbocycles. The summed E-state index contributed by atoms with van der Waals surface area (Å²) < 4.78 is 23.0. The molecule has 10 nitrogen and oxygen atoms in total. The number of aromatic nitrogens is 2. The molecule has 0 amide bonds. The van der Waals surface area contributed by atoms with Gasteiger partial charge >= 0.3 is 20.3 Å². The highest BCUT2D eigenvalue weighted by atomic mass is 35.5. The number of fused-ring (bicyclic) bond motifs is 1. The van der Waals surface area contributed by atoms with Crippen LogP contribution in [0.1, 0.15) is 30.2 Å². The minimum absolute atomic E-state index is 0.166. The van der Waals surface area contributed by atoms with Gasteiger partial charge in [0.1, 0.15) is 23.1 Å². The molecule has 0 spiro atoms. The Kier molecular flexibility index (Phi) is 5.52. The summed E-state index contributed by atoms with van der Waals surface area (Å²) >= 11 is 5.76. The number of aliphatic hydroxyl groups is 2. The van der Waals surface area contributed by atoms with Crippen LogP contribution in [0.3, 0.4) is 0 Å². The Balaban J connectivity index is 1.45. The van der Waals surface area contributed by atoms with Crippen molar-refractivity contribution in [1.82, 2.24) is 9.55 Å². The molecule has 3 N–H and O–H groups in total. The zero-order valence-corrected chi connectivity index (χ0v) is 16.9. The van der Waals surface area contributed by atoms with Crippen molar-refractivity contribution in [3.8, 4) is 5.75 Å². The highest BCUT2D eigenvalue weighted by molar-refractivity contribution is 7.42. The van der Waals surface area contributed by atoms with Crippen LogP contribution in [0.4, 0.5) is 0 Å². The molecule has 4 rings (SSSR count). The molecule has 3 atom stereocenters. The van der Waals surface area contributed by atoms with E-state index in [9.17, 15) is 19.8 Å². The predicted octanol–water partition coefficient (Wildman–Crippen LogP) is 1.67. The van der Waals surface area contributed by atoms with Crippen LogP contribution in [-0.4, -0.2) is 31.8 Å². The summed E-state index contributed by atoms with van der Waals surface area (Å²) in [5.41, 5.74) is 0.271. The second-order valence-electron chi connectivity index (χ2n) is 6.70. The van der Waals surface area contributed by atoms with Crippen LogP contribution in [0.5, 0.6) is 5.75 Å². The van der Waals surface area contributed by atoms with Crippen molar-refractivity contribution in [2.45, 2.75) is 44.7 Å². The lowest BCUT2D eigenvalue weighted by atomic mass is 10.1. The minimum atomic E-state index is -2.71. The third kappa shape index (κ3) is 4.10. The van der Waals surface area contributed by atoms with E-state index in [0.29, 0.717) is 5.75 Å². The van der Waals surface area contributed by atoms with Gasteiger partial charge in [-0.15, -0.1) is 0 Å². The monoisotopic (exact) mass is 444 g/mol. The van der Waals surface area contributed by atoms with Gasteiger partial charge in [-0.25, -0.2) is 9.32 Å². The molecule has 3 heterocycles. The molecule has 1 aromatic heterocycles. The van der Waals surface area contributed by atoms with E-state index in [4.69, 9.17) is 29.9 Å². The second-order valence-corrected chi connectivity index (χ2v) is 8.18. The SMILES string of the molecule is Cc1cccc2c1OP(OC(O)(O)C1CCC(n3cc(Cl)c(=O)[nH]c3=O)O1)OC2. The van der Waals surface area contributed by atoms with Gasteiger partial charge in [0.05, 0.1) is 6.61 Å². The van der Waals surface area contributed by atoms with Crippen molar-refractivity contribution in [2.24, 2.45) is 0 Å². The van der Waals surface area contributed by atoms with E-state index >= 15 is 0 Å². The standard InChI is InChI=1S/C17H18ClN2O8P/c1-9-3-2-4-10-8-25-29(27-14(9)10)28-17(23,24)12-5-6-13(26-12)20-7-11(18)15(21)19-16(20)22/h2-4,7,12-13,23-24H,5-6,8H2,1H3,(H,19,21,22). The topological polar surface area (TPSA) is 132 Å². The average molecular weight is 445 g/mol. The molecule has 3 unspecified atom stereocenters. The molecule has 0 saturated carbocycles. The number of ether oxygens (including phenoxy) is 1. The van der Waals surface area contributed by atoms with Crippen molar-refractivity contribution in [2.75, 3.05) is 0 Å². The van der Waals surface area contributed by atoms with Gasteiger partial charge < -0.3 is 19.5 Å². The number of halogens is 1. The predicted molar refractivity (Wildman–Crippen MR) is 101 cm³/mol. The fraction of sp³-hybridized carbons (Fsp3) is 0.412. The lowest BCUT2D eigenvalue weighted by molar-refractivity contribution is -0.346. The molecule has 1 saturated heterocycles. The fourth-order valence-electron chi connectivity index (χ4n) is 3.17. The number of rotatable bonds is 4. The van der Waals surface area contributed by atoms with Gasteiger partial charge in [0.2, 0.25) is 0 Å². The van der Waals surface area contributed by atoms with Crippen LogP contribution in [0, 0.1) is 6.92 Å². The van der Waals surface area contributed by atoms with Gasteiger partial charge in [0, 0.05) is 11.8 Å². The Morgan fingerprint density at radius 3 is 2.93 bits per heavy atom. The lowest BCUT2D eigenvalue weighted by Gasteiger charge is -2.32.